The van der Waals surface area contributed by atoms with Gasteiger partial charge in [-0.05, 0) is 17.7 Å². The number of ether oxygens (including phenoxy) is 2. The number of fused-ring (bicyclic) bond motifs is 1. The second-order valence-electron chi connectivity index (χ2n) is 4.94. The highest BCUT2D eigenvalue weighted by Gasteiger charge is 2.29. The van der Waals surface area contributed by atoms with Gasteiger partial charge in [0.1, 0.15) is 23.3 Å². The first kappa shape index (κ1) is 14.2. The third-order valence-corrected chi connectivity index (χ3v) is 3.56. The van der Waals surface area contributed by atoms with Gasteiger partial charge in [-0.25, -0.2) is 0 Å². The number of methoxy groups -OCH3 is 1. The summed E-state index contributed by atoms with van der Waals surface area (Å²) in [6.45, 7) is 0.459. The van der Waals surface area contributed by atoms with Crippen molar-refractivity contribution in [1.29, 1.82) is 0 Å². The van der Waals surface area contributed by atoms with Gasteiger partial charge in [-0.15, -0.1) is 0 Å². The van der Waals surface area contributed by atoms with Gasteiger partial charge < -0.3 is 19.0 Å². The maximum absolute atomic E-state index is 12.7. The van der Waals surface area contributed by atoms with E-state index in [0.29, 0.717) is 29.9 Å². The van der Waals surface area contributed by atoms with Gasteiger partial charge in [0.25, 0.3) is 0 Å². The molecule has 0 radical (unpaired) electrons. The van der Waals surface area contributed by atoms with Gasteiger partial charge in [0.15, 0.2) is 0 Å². The summed E-state index contributed by atoms with van der Waals surface area (Å²) in [4.78, 5) is 23.8. The molecule has 1 aromatic carbocycles. The zero-order chi connectivity index (χ0) is 15.7. The smallest absolute Gasteiger partial charge is 0.307 e. The molecule has 2 heterocycles. The van der Waals surface area contributed by atoms with E-state index in [1.165, 1.54) is 19.6 Å². The molecule has 6 nitrogen and oxygen atoms in total. The van der Waals surface area contributed by atoms with E-state index in [9.17, 15) is 9.59 Å². The predicted octanol–water partition coefficient (Wildman–Crippen LogP) is 2.08. The first-order valence-corrected chi connectivity index (χ1v) is 6.76. The number of ketones is 1. The number of carbonyl (C=O) groups is 2. The van der Waals surface area contributed by atoms with E-state index >= 15 is 0 Å². The summed E-state index contributed by atoms with van der Waals surface area (Å²) < 4.78 is 15.8. The van der Waals surface area contributed by atoms with Crippen molar-refractivity contribution in [3.8, 4) is 11.5 Å². The Morgan fingerprint density at radius 1 is 1.41 bits per heavy atom. The standard InChI is InChI=1S/C16H14O6/c1-20-15-11(7-12(17)18)6-9-3-5-22-16(9)13(15)14(19)10-2-4-21-8-10/h2,4,6,8H,3,5,7H2,1H3,(H,17,18). The number of carbonyl (C=O) groups excluding carboxylic acids is 1. The normalized spacial score (nSPS) is 12.6. The topological polar surface area (TPSA) is 86.0 Å². The molecule has 0 aliphatic carbocycles. The van der Waals surface area contributed by atoms with Crippen molar-refractivity contribution in [3.63, 3.8) is 0 Å². The Balaban J connectivity index is 2.20. The number of carboxylic acids is 1. The molecule has 114 valence electrons. The number of rotatable bonds is 5. The van der Waals surface area contributed by atoms with Gasteiger partial charge in [-0.2, -0.15) is 0 Å². The van der Waals surface area contributed by atoms with Gasteiger partial charge in [0.2, 0.25) is 5.78 Å². The predicted molar refractivity (Wildman–Crippen MR) is 75.7 cm³/mol. The molecule has 1 N–H and O–H groups in total. The number of benzene rings is 1. The average Bonchev–Trinajstić information content (AvgIpc) is 3.15. The van der Waals surface area contributed by atoms with Gasteiger partial charge >= 0.3 is 5.97 Å². The molecular formula is C16H14O6. The van der Waals surface area contributed by atoms with Crippen LogP contribution < -0.4 is 9.47 Å². The maximum atomic E-state index is 12.7. The van der Waals surface area contributed by atoms with Crippen LogP contribution in [0.1, 0.15) is 27.0 Å². The number of aliphatic carboxylic acids is 1. The maximum Gasteiger partial charge on any atom is 0.307 e. The van der Waals surface area contributed by atoms with Gasteiger partial charge in [0, 0.05) is 12.0 Å². The molecule has 0 unspecified atom stereocenters. The molecule has 3 rings (SSSR count). The molecule has 0 saturated heterocycles. The van der Waals surface area contributed by atoms with Crippen molar-refractivity contribution in [1.82, 2.24) is 0 Å². The molecule has 1 aliphatic rings. The van der Waals surface area contributed by atoms with Gasteiger partial charge in [-0.1, -0.05) is 0 Å². The second-order valence-corrected chi connectivity index (χ2v) is 4.94. The Morgan fingerprint density at radius 3 is 2.86 bits per heavy atom. The van der Waals surface area contributed by atoms with Crippen LogP contribution in [-0.2, 0) is 17.6 Å². The zero-order valence-electron chi connectivity index (χ0n) is 11.9. The third-order valence-electron chi connectivity index (χ3n) is 3.56. The molecule has 2 aromatic rings. The lowest BCUT2D eigenvalue weighted by molar-refractivity contribution is -0.136. The van der Waals surface area contributed by atoms with Crippen molar-refractivity contribution < 1.29 is 28.6 Å². The van der Waals surface area contributed by atoms with Crippen LogP contribution in [0.2, 0.25) is 0 Å². The minimum Gasteiger partial charge on any atom is -0.496 e. The molecule has 0 fully saturated rings. The Labute approximate surface area is 126 Å². The van der Waals surface area contributed by atoms with Crippen LogP contribution in [0.15, 0.2) is 29.1 Å². The Bertz CT molecular complexity index is 730. The fourth-order valence-electron chi connectivity index (χ4n) is 2.65. The molecule has 0 atom stereocenters. The summed E-state index contributed by atoms with van der Waals surface area (Å²) in [5, 5.41) is 9.06. The Morgan fingerprint density at radius 2 is 2.23 bits per heavy atom. The number of hydrogen-bond acceptors (Lipinski definition) is 5. The van der Waals surface area contributed by atoms with Crippen molar-refractivity contribution >= 4 is 11.8 Å². The summed E-state index contributed by atoms with van der Waals surface area (Å²) in [7, 11) is 1.41. The van der Waals surface area contributed by atoms with E-state index in [4.69, 9.17) is 19.0 Å². The lowest BCUT2D eigenvalue weighted by Crippen LogP contribution is -2.10. The number of hydrogen-bond donors (Lipinski definition) is 1. The molecule has 6 heteroatoms. The first-order valence-electron chi connectivity index (χ1n) is 6.76. The zero-order valence-corrected chi connectivity index (χ0v) is 11.9. The van der Waals surface area contributed by atoms with Crippen molar-refractivity contribution in [2.24, 2.45) is 0 Å². The molecule has 1 aliphatic heterocycles. The quantitative estimate of drug-likeness (QED) is 0.851. The highest BCUT2D eigenvalue weighted by Crippen LogP contribution is 2.40. The largest absolute Gasteiger partial charge is 0.496 e. The van der Waals surface area contributed by atoms with E-state index in [-0.39, 0.29) is 23.5 Å². The first-order chi connectivity index (χ1) is 10.6. The summed E-state index contributed by atoms with van der Waals surface area (Å²) in [5.41, 5.74) is 1.91. The fraction of sp³-hybridized carbons (Fsp3) is 0.250. The van der Waals surface area contributed by atoms with Crippen LogP contribution in [0.25, 0.3) is 0 Å². The van der Waals surface area contributed by atoms with Crippen molar-refractivity contribution in [3.05, 3.63) is 46.9 Å². The lowest BCUT2D eigenvalue weighted by Gasteiger charge is -2.15. The molecule has 22 heavy (non-hydrogen) atoms. The second kappa shape index (κ2) is 5.55. The number of carboxylic acid groups (broad SMARTS) is 1. The molecule has 0 amide bonds. The van der Waals surface area contributed by atoms with Crippen LogP contribution in [-0.4, -0.2) is 30.6 Å². The molecule has 0 saturated carbocycles. The Kier molecular flexibility index (Phi) is 3.58. The average molecular weight is 302 g/mol. The van der Waals surface area contributed by atoms with Crippen LogP contribution >= 0.6 is 0 Å². The van der Waals surface area contributed by atoms with E-state index in [1.54, 1.807) is 12.1 Å². The SMILES string of the molecule is COc1c(CC(=O)O)cc2c(c1C(=O)c1ccoc1)OCC2. The molecule has 0 bridgehead atoms. The minimum absolute atomic E-state index is 0.220. The summed E-state index contributed by atoms with van der Waals surface area (Å²) in [6, 6.07) is 3.29. The molecular weight excluding hydrogens is 288 g/mol. The molecule has 1 aromatic heterocycles. The van der Waals surface area contributed by atoms with Crippen molar-refractivity contribution in [2.75, 3.05) is 13.7 Å². The van der Waals surface area contributed by atoms with E-state index in [2.05, 4.69) is 0 Å². The van der Waals surface area contributed by atoms with Gasteiger partial charge in [0.05, 0.1) is 32.0 Å². The van der Waals surface area contributed by atoms with Crippen LogP contribution in [0.5, 0.6) is 11.5 Å². The highest BCUT2D eigenvalue weighted by atomic mass is 16.5. The van der Waals surface area contributed by atoms with Crippen LogP contribution in [0, 0.1) is 0 Å². The lowest BCUT2D eigenvalue weighted by atomic mass is 9.95. The summed E-state index contributed by atoms with van der Waals surface area (Å²) >= 11 is 0. The third kappa shape index (κ3) is 2.32. The number of furan rings is 1. The van der Waals surface area contributed by atoms with Gasteiger partial charge in [-0.3, -0.25) is 9.59 Å². The monoisotopic (exact) mass is 302 g/mol. The molecule has 0 spiro atoms. The Hall–Kier alpha value is -2.76. The van der Waals surface area contributed by atoms with Crippen LogP contribution in [0.3, 0.4) is 0 Å². The summed E-state index contributed by atoms with van der Waals surface area (Å²) in [6.07, 6.45) is 3.16. The van der Waals surface area contributed by atoms with Crippen LogP contribution in [0.4, 0.5) is 0 Å². The highest BCUT2D eigenvalue weighted by molar-refractivity contribution is 6.13. The van der Waals surface area contributed by atoms with Crippen molar-refractivity contribution in [2.45, 2.75) is 12.8 Å². The van der Waals surface area contributed by atoms with E-state index in [1.807, 2.05) is 0 Å². The fourth-order valence-corrected chi connectivity index (χ4v) is 2.65. The van der Waals surface area contributed by atoms with E-state index < -0.39 is 5.97 Å². The van der Waals surface area contributed by atoms with E-state index in [0.717, 1.165) is 5.56 Å². The summed E-state index contributed by atoms with van der Waals surface area (Å²) in [5.74, 6) is -0.582. The minimum atomic E-state index is -0.987.